The number of nitrogens with one attached hydrogen (secondary N) is 1. The van der Waals surface area contributed by atoms with Crippen molar-refractivity contribution in [2.45, 2.75) is 19.9 Å². The van der Waals surface area contributed by atoms with Crippen molar-refractivity contribution >= 4 is 33.6 Å². The summed E-state index contributed by atoms with van der Waals surface area (Å²) in [6.45, 7) is 3.80. The van der Waals surface area contributed by atoms with Crippen molar-refractivity contribution in [2.24, 2.45) is 0 Å². The summed E-state index contributed by atoms with van der Waals surface area (Å²) < 4.78 is 0.485. The number of benzene rings is 1. The fourth-order valence-electron chi connectivity index (χ4n) is 1.64. The molecule has 0 saturated carbocycles. The van der Waals surface area contributed by atoms with E-state index in [1.165, 1.54) is 23.1 Å². The van der Waals surface area contributed by atoms with Crippen LogP contribution in [0.25, 0.3) is 0 Å². The van der Waals surface area contributed by atoms with Gasteiger partial charge < -0.3 is 20.4 Å². The van der Waals surface area contributed by atoms with Gasteiger partial charge >= 0.3 is 12.0 Å². The lowest BCUT2D eigenvalue weighted by atomic mass is 10.2. The van der Waals surface area contributed by atoms with Gasteiger partial charge in [-0.2, -0.15) is 0 Å². The molecule has 0 spiro atoms. The summed E-state index contributed by atoms with van der Waals surface area (Å²) in [6.07, 6.45) is 0. The molecule has 1 aromatic carbocycles. The number of halogens is 1. The van der Waals surface area contributed by atoms with Gasteiger partial charge in [-0.1, -0.05) is 0 Å². The number of aliphatic hydroxyl groups excluding tert-OH is 1. The summed E-state index contributed by atoms with van der Waals surface area (Å²) in [7, 11) is 0. The largest absolute Gasteiger partial charge is 0.478 e. The van der Waals surface area contributed by atoms with Gasteiger partial charge in [-0.15, -0.1) is 0 Å². The Hall–Kier alpha value is -1.60. The molecule has 0 saturated heterocycles. The lowest BCUT2D eigenvalue weighted by molar-refractivity contribution is 0.0697. The van der Waals surface area contributed by atoms with Crippen molar-refractivity contribution in [3.8, 4) is 0 Å². The highest BCUT2D eigenvalue weighted by Gasteiger charge is 2.17. The molecule has 20 heavy (non-hydrogen) atoms. The molecule has 7 heteroatoms. The normalized spacial score (nSPS) is 10.4. The molecule has 0 unspecified atom stereocenters. The Kier molecular flexibility index (Phi) is 5.97. The minimum atomic E-state index is -1.03. The molecule has 0 bridgehead atoms. The molecule has 1 aromatic rings. The van der Waals surface area contributed by atoms with E-state index in [4.69, 9.17) is 10.2 Å². The van der Waals surface area contributed by atoms with Crippen LogP contribution in [0.3, 0.4) is 0 Å². The second kappa shape index (κ2) is 7.25. The molecule has 0 aliphatic heterocycles. The predicted octanol–water partition coefficient (Wildman–Crippen LogP) is 2.38. The Labute approximate surface area is 125 Å². The standard InChI is InChI=1S/C13H17BrN2O4/c1-8(2)16(5-6-17)13(20)15-11-4-3-9(12(18)19)7-10(11)14/h3-4,7-8,17H,5-6H2,1-2H3,(H,15,20)(H,18,19). The zero-order valence-electron chi connectivity index (χ0n) is 11.3. The van der Waals surface area contributed by atoms with Crippen LogP contribution in [0.5, 0.6) is 0 Å². The van der Waals surface area contributed by atoms with Crippen molar-refractivity contribution in [3.63, 3.8) is 0 Å². The smallest absolute Gasteiger partial charge is 0.335 e. The second-order valence-corrected chi connectivity index (χ2v) is 5.30. The number of carbonyl (C=O) groups excluding carboxylic acids is 1. The van der Waals surface area contributed by atoms with E-state index < -0.39 is 5.97 Å². The van der Waals surface area contributed by atoms with Gasteiger partial charge in [0.15, 0.2) is 0 Å². The maximum absolute atomic E-state index is 12.1. The molecule has 0 fully saturated rings. The third-order valence-corrected chi connectivity index (χ3v) is 3.34. The molecule has 0 radical (unpaired) electrons. The maximum atomic E-state index is 12.1. The number of carbonyl (C=O) groups is 2. The van der Waals surface area contributed by atoms with Crippen LogP contribution < -0.4 is 5.32 Å². The molecule has 0 heterocycles. The van der Waals surface area contributed by atoms with E-state index in [9.17, 15) is 9.59 Å². The molecule has 0 aliphatic rings. The van der Waals surface area contributed by atoms with Gasteiger partial charge in [0.2, 0.25) is 0 Å². The van der Waals surface area contributed by atoms with E-state index in [-0.39, 0.29) is 30.8 Å². The molecule has 6 nitrogen and oxygen atoms in total. The summed E-state index contributed by atoms with van der Waals surface area (Å²) in [4.78, 5) is 24.4. The van der Waals surface area contributed by atoms with Crippen LogP contribution in [0.2, 0.25) is 0 Å². The molecule has 0 aromatic heterocycles. The number of aliphatic hydroxyl groups is 1. The Morgan fingerprint density at radius 3 is 2.50 bits per heavy atom. The van der Waals surface area contributed by atoms with Crippen LogP contribution in [0.15, 0.2) is 22.7 Å². The lowest BCUT2D eigenvalue weighted by Crippen LogP contribution is -2.41. The van der Waals surface area contributed by atoms with Crippen LogP contribution in [0, 0.1) is 0 Å². The number of hydrogen-bond donors (Lipinski definition) is 3. The van der Waals surface area contributed by atoms with Crippen LogP contribution >= 0.6 is 15.9 Å². The second-order valence-electron chi connectivity index (χ2n) is 4.44. The summed E-state index contributed by atoms with van der Waals surface area (Å²) in [5, 5.41) is 20.5. The highest BCUT2D eigenvalue weighted by atomic mass is 79.9. The molecule has 2 amide bonds. The van der Waals surface area contributed by atoms with Crippen molar-refractivity contribution in [3.05, 3.63) is 28.2 Å². The molecular weight excluding hydrogens is 328 g/mol. The van der Waals surface area contributed by atoms with Gasteiger partial charge in [0.25, 0.3) is 0 Å². The van der Waals surface area contributed by atoms with Crippen LogP contribution in [-0.4, -0.2) is 46.3 Å². The SMILES string of the molecule is CC(C)N(CCO)C(=O)Nc1ccc(C(=O)O)cc1Br. The van der Waals surface area contributed by atoms with E-state index in [1.54, 1.807) is 0 Å². The lowest BCUT2D eigenvalue weighted by Gasteiger charge is -2.26. The van der Waals surface area contributed by atoms with E-state index in [0.29, 0.717) is 10.2 Å². The number of hydrogen-bond acceptors (Lipinski definition) is 3. The molecule has 1 rings (SSSR count). The first-order valence-electron chi connectivity index (χ1n) is 6.08. The van der Waals surface area contributed by atoms with Crippen molar-refractivity contribution in [2.75, 3.05) is 18.5 Å². The highest BCUT2D eigenvalue weighted by Crippen LogP contribution is 2.24. The number of rotatable bonds is 5. The molecule has 0 aliphatic carbocycles. The quantitative estimate of drug-likeness (QED) is 0.764. The average molecular weight is 345 g/mol. The zero-order chi connectivity index (χ0) is 15.3. The van der Waals surface area contributed by atoms with Gasteiger partial charge in [0, 0.05) is 17.1 Å². The number of carboxylic acid groups (broad SMARTS) is 1. The van der Waals surface area contributed by atoms with Crippen molar-refractivity contribution in [1.29, 1.82) is 0 Å². The third kappa shape index (κ3) is 4.21. The summed E-state index contributed by atoms with van der Waals surface area (Å²) in [5.74, 6) is -1.03. The van der Waals surface area contributed by atoms with Gasteiger partial charge in [0.1, 0.15) is 0 Å². The minimum Gasteiger partial charge on any atom is -0.478 e. The molecule has 3 N–H and O–H groups in total. The van der Waals surface area contributed by atoms with Crippen molar-refractivity contribution < 1.29 is 19.8 Å². The number of aromatic carboxylic acids is 1. The monoisotopic (exact) mass is 344 g/mol. The highest BCUT2D eigenvalue weighted by molar-refractivity contribution is 9.10. The van der Waals surface area contributed by atoms with Gasteiger partial charge in [-0.3, -0.25) is 0 Å². The Bertz CT molecular complexity index is 505. The number of anilines is 1. The predicted molar refractivity (Wildman–Crippen MR) is 79.0 cm³/mol. The van der Waals surface area contributed by atoms with E-state index in [0.717, 1.165) is 0 Å². The number of amides is 2. The van der Waals surface area contributed by atoms with Crippen LogP contribution in [-0.2, 0) is 0 Å². The first-order chi connectivity index (χ1) is 9.36. The molecular formula is C13H17BrN2O4. The first kappa shape index (κ1) is 16.5. The first-order valence-corrected chi connectivity index (χ1v) is 6.87. The summed E-state index contributed by atoms with van der Waals surface area (Å²) in [5.41, 5.74) is 0.606. The minimum absolute atomic E-state index is 0.0563. The molecule has 0 atom stereocenters. The third-order valence-electron chi connectivity index (χ3n) is 2.68. The van der Waals surface area contributed by atoms with E-state index in [2.05, 4.69) is 21.2 Å². The van der Waals surface area contributed by atoms with Gasteiger partial charge in [0.05, 0.1) is 17.9 Å². The fraction of sp³-hybridized carbons (Fsp3) is 0.385. The molecule has 110 valence electrons. The van der Waals surface area contributed by atoms with Gasteiger partial charge in [-0.25, -0.2) is 9.59 Å². The van der Waals surface area contributed by atoms with Gasteiger partial charge in [-0.05, 0) is 48.0 Å². The Morgan fingerprint density at radius 1 is 1.40 bits per heavy atom. The number of urea groups is 1. The Balaban J connectivity index is 2.87. The fourth-order valence-corrected chi connectivity index (χ4v) is 2.12. The summed E-state index contributed by atoms with van der Waals surface area (Å²) >= 11 is 3.22. The zero-order valence-corrected chi connectivity index (χ0v) is 12.8. The number of carboxylic acids is 1. The van der Waals surface area contributed by atoms with Crippen LogP contribution in [0.4, 0.5) is 10.5 Å². The average Bonchev–Trinajstić information content (AvgIpc) is 2.37. The summed E-state index contributed by atoms with van der Waals surface area (Å²) in [6, 6.07) is 3.94. The maximum Gasteiger partial charge on any atom is 0.335 e. The van der Waals surface area contributed by atoms with E-state index >= 15 is 0 Å². The van der Waals surface area contributed by atoms with E-state index in [1.807, 2.05) is 13.8 Å². The Morgan fingerprint density at radius 2 is 2.05 bits per heavy atom. The van der Waals surface area contributed by atoms with Crippen molar-refractivity contribution in [1.82, 2.24) is 4.90 Å². The van der Waals surface area contributed by atoms with Crippen LogP contribution in [0.1, 0.15) is 24.2 Å². The number of nitrogens with zero attached hydrogens (tertiary/aromatic N) is 1. The topological polar surface area (TPSA) is 89.9 Å².